The number of thiazole rings is 1. The van der Waals surface area contributed by atoms with E-state index in [1.165, 1.54) is 11.3 Å². The number of carbonyl (C=O) groups is 2. The zero-order chi connectivity index (χ0) is 12.8. The number of nitrogens with zero attached hydrogens (tertiary/aromatic N) is 1. The van der Waals surface area contributed by atoms with E-state index in [2.05, 4.69) is 10.3 Å². The Kier molecular flexibility index (Phi) is 5.05. The van der Waals surface area contributed by atoms with E-state index in [-0.39, 0.29) is 31.2 Å². The summed E-state index contributed by atoms with van der Waals surface area (Å²) >= 11 is 1.25. The zero-order valence-corrected chi connectivity index (χ0v) is 10.2. The molecule has 6 nitrogen and oxygen atoms in total. The molecule has 0 saturated carbocycles. The summed E-state index contributed by atoms with van der Waals surface area (Å²) in [6, 6.07) is 0. The van der Waals surface area contributed by atoms with Gasteiger partial charge >= 0.3 is 5.97 Å². The monoisotopic (exact) mass is 258 g/mol. The van der Waals surface area contributed by atoms with E-state index in [0.717, 1.165) is 0 Å². The molecule has 0 fully saturated rings. The Labute approximate surface area is 102 Å². The number of aromatic carboxylic acids is 1. The van der Waals surface area contributed by atoms with Crippen LogP contribution in [0.2, 0.25) is 0 Å². The molecule has 3 N–H and O–H groups in total. The number of aliphatic hydroxyl groups excluding tert-OH is 1. The normalized spacial score (nSPS) is 10.2. The number of carboxylic acid groups (broad SMARTS) is 1. The molecule has 1 heterocycles. The van der Waals surface area contributed by atoms with Crippen molar-refractivity contribution in [3.63, 3.8) is 0 Å². The van der Waals surface area contributed by atoms with Crippen molar-refractivity contribution in [2.45, 2.75) is 26.3 Å². The van der Waals surface area contributed by atoms with Crippen LogP contribution in [0.5, 0.6) is 0 Å². The largest absolute Gasteiger partial charge is 0.476 e. The van der Waals surface area contributed by atoms with Crippen LogP contribution in [0.25, 0.3) is 0 Å². The van der Waals surface area contributed by atoms with Crippen LogP contribution < -0.4 is 5.32 Å². The number of aliphatic hydroxyl groups is 1. The maximum Gasteiger partial charge on any atom is 0.355 e. The van der Waals surface area contributed by atoms with Gasteiger partial charge in [-0.3, -0.25) is 4.79 Å². The fraction of sp³-hybridized carbons (Fsp3) is 0.500. The Morgan fingerprint density at radius 2 is 2.18 bits per heavy atom. The smallest absolute Gasteiger partial charge is 0.355 e. The molecule has 1 amide bonds. The van der Waals surface area contributed by atoms with Crippen LogP contribution >= 0.6 is 11.3 Å². The first-order valence-corrected chi connectivity index (χ1v) is 5.93. The molecule has 0 aliphatic carbocycles. The van der Waals surface area contributed by atoms with E-state index in [4.69, 9.17) is 10.2 Å². The number of carbonyl (C=O) groups excluding carboxylic acids is 1. The fourth-order valence-corrected chi connectivity index (χ4v) is 2.09. The second-order valence-corrected chi connectivity index (χ2v) is 4.71. The third-order valence-electron chi connectivity index (χ3n) is 2.04. The highest BCUT2D eigenvalue weighted by atomic mass is 32.1. The number of nitrogens with one attached hydrogen (secondary N) is 1. The van der Waals surface area contributed by atoms with Gasteiger partial charge in [0.1, 0.15) is 5.01 Å². The molecule has 0 radical (unpaired) electrons. The summed E-state index contributed by atoms with van der Waals surface area (Å²) in [6.07, 6.45) is 0.676. The van der Waals surface area contributed by atoms with Gasteiger partial charge in [0, 0.05) is 17.9 Å². The Bertz CT molecular complexity index is 416. The number of hydrogen-bond donors (Lipinski definition) is 3. The number of rotatable bonds is 6. The van der Waals surface area contributed by atoms with Crippen molar-refractivity contribution < 1.29 is 19.8 Å². The molecule has 0 bridgehead atoms. The maximum absolute atomic E-state index is 11.2. The number of carboxylic acids is 1. The van der Waals surface area contributed by atoms with Gasteiger partial charge in [0.15, 0.2) is 5.69 Å². The molecule has 0 saturated heterocycles. The van der Waals surface area contributed by atoms with E-state index in [0.29, 0.717) is 16.3 Å². The predicted octanol–water partition coefficient (Wildman–Crippen LogP) is 0.538. The van der Waals surface area contributed by atoms with Crippen LogP contribution in [0.15, 0.2) is 0 Å². The van der Waals surface area contributed by atoms with E-state index in [1.807, 2.05) is 0 Å². The summed E-state index contributed by atoms with van der Waals surface area (Å²) < 4.78 is 0. The molecule has 0 aromatic carbocycles. The maximum atomic E-state index is 11.2. The van der Waals surface area contributed by atoms with Gasteiger partial charge in [-0.05, 0) is 13.3 Å². The minimum Gasteiger partial charge on any atom is -0.476 e. The summed E-state index contributed by atoms with van der Waals surface area (Å²) in [4.78, 5) is 26.5. The highest BCUT2D eigenvalue weighted by Crippen LogP contribution is 2.17. The van der Waals surface area contributed by atoms with Gasteiger partial charge in [-0.1, -0.05) is 0 Å². The van der Waals surface area contributed by atoms with Crippen molar-refractivity contribution in [1.82, 2.24) is 10.3 Å². The molecule has 17 heavy (non-hydrogen) atoms. The zero-order valence-electron chi connectivity index (χ0n) is 9.39. The first kappa shape index (κ1) is 13.6. The second-order valence-electron chi connectivity index (χ2n) is 3.42. The van der Waals surface area contributed by atoms with E-state index in [1.54, 1.807) is 6.92 Å². The number of aromatic nitrogens is 1. The van der Waals surface area contributed by atoms with Crippen LogP contribution in [-0.2, 0) is 11.3 Å². The van der Waals surface area contributed by atoms with Gasteiger partial charge in [0.2, 0.25) is 5.91 Å². The Morgan fingerprint density at radius 3 is 2.71 bits per heavy atom. The van der Waals surface area contributed by atoms with Crippen molar-refractivity contribution in [2.24, 2.45) is 0 Å². The molecule has 7 heteroatoms. The molecule has 0 aliphatic rings. The first-order valence-electron chi connectivity index (χ1n) is 5.11. The lowest BCUT2D eigenvalue weighted by atomic mass is 10.3. The predicted molar refractivity (Wildman–Crippen MR) is 62.0 cm³/mol. The molecule has 1 aromatic rings. The summed E-state index contributed by atoms with van der Waals surface area (Å²) in [5, 5.41) is 20.5. The summed E-state index contributed by atoms with van der Waals surface area (Å²) in [5.74, 6) is -1.24. The second kappa shape index (κ2) is 6.31. The number of amides is 1. The van der Waals surface area contributed by atoms with Gasteiger partial charge in [-0.25, -0.2) is 9.78 Å². The fourth-order valence-electron chi connectivity index (χ4n) is 1.23. The molecule has 0 spiro atoms. The van der Waals surface area contributed by atoms with E-state index in [9.17, 15) is 9.59 Å². The number of hydrogen-bond acceptors (Lipinski definition) is 5. The standard InChI is InChI=1S/C10H14N2O4S/c1-6-9(10(15)16)12-8(17-6)5-11-7(14)3-2-4-13/h13H,2-5H2,1H3,(H,11,14)(H,15,16). The van der Waals surface area contributed by atoms with Crippen LogP contribution in [0, 0.1) is 6.92 Å². The third-order valence-corrected chi connectivity index (χ3v) is 3.01. The highest BCUT2D eigenvalue weighted by Gasteiger charge is 2.14. The Hall–Kier alpha value is -1.47. The quantitative estimate of drug-likeness (QED) is 0.691. The lowest BCUT2D eigenvalue weighted by Crippen LogP contribution is -2.22. The minimum atomic E-state index is -1.06. The topological polar surface area (TPSA) is 99.5 Å². The van der Waals surface area contributed by atoms with Gasteiger partial charge in [-0.2, -0.15) is 0 Å². The first-order chi connectivity index (χ1) is 8.04. The van der Waals surface area contributed by atoms with Crippen molar-refractivity contribution in [2.75, 3.05) is 6.61 Å². The molecular formula is C10H14N2O4S. The molecule has 0 atom stereocenters. The van der Waals surface area contributed by atoms with Gasteiger partial charge in [0.25, 0.3) is 0 Å². The van der Waals surface area contributed by atoms with Gasteiger partial charge in [0.05, 0.1) is 6.54 Å². The lowest BCUT2D eigenvalue weighted by molar-refractivity contribution is -0.121. The van der Waals surface area contributed by atoms with E-state index < -0.39 is 5.97 Å². The molecular weight excluding hydrogens is 244 g/mol. The molecule has 1 aromatic heterocycles. The average molecular weight is 258 g/mol. The molecule has 1 rings (SSSR count). The van der Waals surface area contributed by atoms with E-state index >= 15 is 0 Å². The van der Waals surface area contributed by atoms with Crippen molar-refractivity contribution >= 4 is 23.2 Å². The Balaban J connectivity index is 2.50. The van der Waals surface area contributed by atoms with Crippen LogP contribution in [0.1, 0.15) is 33.2 Å². The minimum absolute atomic E-state index is 0.0209. The highest BCUT2D eigenvalue weighted by molar-refractivity contribution is 7.11. The molecule has 0 unspecified atom stereocenters. The van der Waals surface area contributed by atoms with Crippen LogP contribution in [0.4, 0.5) is 0 Å². The summed E-state index contributed by atoms with van der Waals surface area (Å²) in [7, 11) is 0. The average Bonchev–Trinajstić information content (AvgIpc) is 2.65. The SMILES string of the molecule is Cc1sc(CNC(=O)CCCO)nc1C(=O)O. The van der Waals surface area contributed by atoms with Crippen LogP contribution in [0.3, 0.4) is 0 Å². The summed E-state index contributed by atoms with van der Waals surface area (Å²) in [5.41, 5.74) is 0.0367. The van der Waals surface area contributed by atoms with Crippen molar-refractivity contribution in [3.05, 3.63) is 15.6 Å². The third kappa shape index (κ3) is 4.12. The molecule has 0 aliphatic heterocycles. The van der Waals surface area contributed by atoms with Gasteiger partial charge in [-0.15, -0.1) is 11.3 Å². The Morgan fingerprint density at radius 1 is 1.47 bits per heavy atom. The van der Waals surface area contributed by atoms with Crippen LogP contribution in [-0.4, -0.2) is 33.7 Å². The summed E-state index contributed by atoms with van der Waals surface area (Å²) in [6.45, 7) is 1.88. The van der Waals surface area contributed by atoms with Crippen molar-refractivity contribution in [1.29, 1.82) is 0 Å². The van der Waals surface area contributed by atoms with Gasteiger partial charge < -0.3 is 15.5 Å². The number of aryl methyl sites for hydroxylation is 1. The lowest BCUT2D eigenvalue weighted by Gasteiger charge is -2.01. The molecule has 94 valence electrons. The van der Waals surface area contributed by atoms with Crippen molar-refractivity contribution in [3.8, 4) is 0 Å².